The molecular weight excluding hydrogens is 264 g/mol. The van der Waals surface area contributed by atoms with Gasteiger partial charge in [-0.25, -0.2) is 0 Å². The standard InChI is InChI=1S/C22H20/c1-3-9-17(10-4-1)22(18-11-5-2-6-12-18)21-15-19-13-7-8-14-20(19)16-21/h1-14,21-22H,15-16H2. The van der Waals surface area contributed by atoms with Crippen LogP contribution in [0.2, 0.25) is 0 Å². The first-order valence-corrected chi connectivity index (χ1v) is 8.08. The second-order valence-corrected chi connectivity index (χ2v) is 6.24. The fourth-order valence-corrected chi connectivity index (χ4v) is 3.89. The maximum absolute atomic E-state index is 2.29. The van der Waals surface area contributed by atoms with Crippen LogP contribution >= 0.6 is 0 Å². The molecule has 0 bridgehead atoms. The molecule has 0 fully saturated rings. The van der Waals surface area contributed by atoms with E-state index in [1.807, 2.05) is 0 Å². The lowest BCUT2D eigenvalue weighted by molar-refractivity contribution is 0.494. The number of fused-ring (bicyclic) bond motifs is 1. The quantitative estimate of drug-likeness (QED) is 0.617. The van der Waals surface area contributed by atoms with Crippen molar-refractivity contribution in [1.82, 2.24) is 0 Å². The van der Waals surface area contributed by atoms with E-state index in [1.165, 1.54) is 35.1 Å². The van der Waals surface area contributed by atoms with E-state index < -0.39 is 0 Å². The first kappa shape index (κ1) is 13.3. The molecule has 0 N–H and O–H groups in total. The Morgan fingerprint density at radius 1 is 0.545 bits per heavy atom. The lowest BCUT2D eigenvalue weighted by Gasteiger charge is -2.24. The summed E-state index contributed by atoms with van der Waals surface area (Å²) in [5.74, 6) is 1.14. The predicted molar refractivity (Wildman–Crippen MR) is 92.1 cm³/mol. The Balaban J connectivity index is 1.74. The fourth-order valence-electron chi connectivity index (χ4n) is 3.89. The summed E-state index contributed by atoms with van der Waals surface area (Å²) in [6.07, 6.45) is 2.37. The fraction of sp³-hybridized carbons (Fsp3) is 0.182. The summed E-state index contributed by atoms with van der Waals surface area (Å²) in [4.78, 5) is 0. The van der Waals surface area contributed by atoms with Crippen molar-refractivity contribution in [3.05, 3.63) is 107 Å². The van der Waals surface area contributed by atoms with Gasteiger partial charge < -0.3 is 0 Å². The molecule has 0 heteroatoms. The van der Waals surface area contributed by atoms with Crippen molar-refractivity contribution in [2.24, 2.45) is 5.92 Å². The third kappa shape index (κ3) is 2.46. The average molecular weight is 284 g/mol. The second-order valence-electron chi connectivity index (χ2n) is 6.24. The molecule has 4 rings (SSSR count). The Hall–Kier alpha value is -2.34. The number of hydrogen-bond acceptors (Lipinski definition) is 0. The number of benzene rings is 3. The summed E-state index contributed by atoms with van der Waals surface area (Å²) in [6.45, 7) is 0. The molecule has 108 valence electrons. The van der Waals surface area contributed by atoms with Gasteiger partial charge in [0.1, 0.15) is 0 Å². The minimum Gasteiger partial charge on any atom is -0.0622 e. The van der Waals surface area contributed by atoms with Crippen LogP contribution in [-0.2, 0) is 12.8 Å². The van der Waals surface area contributed by atoms with Gasteiger partial charge in [-0.2, -0.15) is 0 Å². The van der Waals surface area contributed by atoms with Crippen molar-refractivity contribution in [3.8, 4) is 0 Å². The average Bonchev–Trinajstić information content (AvgIpc) is 3.00. The summed E-state index contributed by atoms with van der Waals surface area (Å²) < 4.78 is 0. The van der Waals surface area contributed by atoms with Gasteiger partial charge in [0.2, 0.25) is 0 Å². The maximum Gasteiger partial charge on any atom is 0.0124 e. The zero-order valence-corrected chi connectivity index (χ0v) is 12.7. The van der Waals surface area contributed by atoms with Crippen LogP contribution in [0.4, 0.5) is 0 Å². The van der Waals surface area contributed by atoms with Gasteiger partial charge in [-0.3, -0.25) is 0 Å². The molecule has 0 aliphatic heterocycles. The van der Waals surface area contributed by atoms with Crippen molar-refractivity contribution >= 4 is 0 Å². The zero-order chi connectivity index (χ0) is 14.8. The molecule has 0 nitrogen and oxygen atoms in total. The van der Waals surface area contributed by atoms with Gasteiger partial charge >= 0.3 is 0 Å². The summed E-state index contributed by atoms with van der Waals surface area (Å²) in [6, 6.07) is 30.9. The molecule has 1 aliphatic rings. The largest absolute Gasteiger partial charge is 0.0622 e. The highest BCUT2D eigenvalue weighted by Crippen LogP contribution is 2.40. The first-order chi connectivity index (χ1) is 10.9. The van der Waals surface area contributed by atoms with Gasteiger partial charge in [0.25, 0.3) is 0 Å². The molecule has 0 spiro atoms. The SMILES string of the molecule is c1ccc(C(c2ccccc2)C2Cc3ccccc3C2)cc1. The molecular formula is C22H20. The van der Waals surface area contributed by atoms with E-state index in [0.717, 1.165) is 0 Å². The topological polar surface area (TPSA) is 0 Å². The molecule has 1 aliphatic carbocycles. The molecule has 3 aromatic carbocycles. The molecule has 0 saturated carbocycles. The lowest BCUT2D eigenvalue weighted by Crippen LogP contribution is -2.15. The molecule has 0 saturated heterocycles. The van der Waals surface area contributed by atoms with Crippen LogP contribution in [0.5, 0.6) is 0 Å². The van der Waals surface area contributed by atoms with Crippen LogP contribution < -0.4 is 0 Å². The smallest absolute Gasteiger partial charge is 0.0124 e. The molecule has 0 radical (unpaired) electrons. The maximum atomic E-state index is 2.29. The van der Waals surface area contributed by atoms with E-state index in [0.29, 0.717) is 11.8 Å². The highest BCUT2D eigenvalue weighted by molar-refractivity contribution is 5.39. The van der Waals surface area contributed by atoms with Crippen LogP contribution in [0.1, 0.15) is 28.2 Å². The van der Waals surface area contributed by atoms with Gasteiger partial charge in [-0.1, -0.05) is 84.9 Å². The van der Waals surface area contributed by atoms with Crippen molar-refractivity contribution in [2.75, 3.05) is 0 Å². The molecule has 22 heavy (non-hydrogen) atoms. The lowest BCUT2D eigenvalue weighted by atomic mass is 9.79. The Kier molecular flexibility index (Phi) is 3.52. The van der Waals surface area contributed by atoms with Gasteiger partial charge in [0.15, 0.2) is 0 Å². The second kappa shape index (κ2) is 5.81. The van der Waals surface area contributed by atoms with Crippen LogP contribution in [0.25, 0.3) is 0 Å². The summed E-state index contributed by atoms with van der Waals surface area (Å²) in [5.41, 5.74) is 5.94. The summed E-state index contributed by atoms with van der Waals surface area (Å²) in [5, 5.41) is 0. The Morgan fingerprint density at radius 2 is 0.955 bits per heavy atom. The van der Waals surface area contributed by atoms with E-state index in [4.69, 9.17) is 0 Å². The minimum atomic E-state index is 0.481. The van der Waals surface area contributed by atoms with Gasteiger partial charge in [0, 0.05) is 5.92 Å². The highest BCUT2D eigenvalue weighted by atomic mass is 14.3. The zero-order valence-electron chi connectivity index (χ0n) is 12.7. The van der Waals surface area contributed by atoms with Crippen molar-refractivity contribution < 1.29 is 0 Å². The molecule has 3 aromatic rings. The highest BCUT2D eigenvalue weighted by Gasteiger charge is 2.30. The van der Waals surface area contributed by atoms with Gasteiger partial charge in [-0.05, 0) is 41.0 Å². The first-order valence-electron chi connectivity index (χ1n) is 8.08. The van der Waals surface area contributed by atoms with Crippen LogP contribution in [-0.4, -0.2) is 0 Å². The number of rotatable bonds is 3. The van der Waals surface area contributed by atoms with Crippen LogP contribution in [0.15, 0.2) is 84.9 Å². The molecule has 0 aromatic heterocycles. The van der Waals surface area contributed by atoms with Crippen molar-refractivity contribution in [1.29, 1.82) is 0 Å². The minimum absolute atomic E-state index is 0.481. The van der Waals surface area contributed by atoms with E-state index >= 15 is 0 Å². The van der Waals surface area contributed by atoms with Gasteiger partial charge in [0.05, 0.1) is 0 Å². The Bertz CT molecular complexity index is 679. The van der Waals surface area contributed by atoms with Gasteiger partial charge in [-0.15, -0.1) is 0 Å². The molecule has 0 amide bonds. The third-order valence-electron chi connectivity index (χ3n) is 4.87. The Labute approximate surface area is 132 Å². The van der Waals surface area contributed by atoms with E-state index in [1.54, 1.807) is 0 Å². The molecule has 0 unspecified atom stereocenters. The number of hydrogen-bond donors (Lipinski definition) is 0. The van der Waals surface area contributed by atoms with Crippen LogP contribution in [0, 0.1) is 5.92 Å². The van der Waals surface area contributed by atoms with Crippen molar-refractivity contribution in [3.63, 3.8) is 0 Å². The molecule has 0 heterocycles. The summed E-state index contributed by atoms with van der Waals surface area (Å²) in [7, 11) is 0. The Morgan fingerprint density at radius 3 is 1.41 bits per heavy atom. The normalized spacial score (nSPS) is 14.2. The van der Waals surface area contributed by atoms with Crippen LogP contribution in [0.3, 0.4) is 0 Å². The monoisotopic (exact) mass is 284 g/mol. The van der Waals surface area contributed by atoms with E-state index in [-0.39, 0.29) is 0 Å². The third-order valence-corrected chi connectivity index (χ3v) is 4.87. The van der Waals surface area contributed by atoms with E-state index in [9.17, 15) is 0 Å². The van der Waals surface area contributed by atoms with E-state index in [2.05, 4.69) is 84.9 Å². The predicted octanol–water partition coefficient (Wildman–Crippen LogP) is 5.23. The molecule has 0 atom stereocenters. The van der Waals surface area contributed by atoms with Crippen molar-refractivity contribution in [2.45, 2.75) is 18.8 Å². The summed E-state index contributed by atoms with van der Waals surface area (Å²) >= 11 is 0.